The van der Waals surface area contributed by atoms with Gasteiger partial charge in [-0.25, -0.2) is 4.98 Å². The number of carbonyl (C=O) groups is 1. The second-order valence-corrected chi connectivity index (χ2v) is 7.13. The number of hydrogen-bond acceptors (Lipinski definition) is 3. The average molecular weight is 321 g/mol. The molecule has 1 aromatic carbocycles. The van der Waals surface area contributed by atoms with E-state index in [2.05, 4.69) is 34.2 Å². The van der Waals surface area contributed by atoms with Gasteiger partial charge in [0.05, 0.1) is 11.9 Å². The van der Waals surface area contributed by atoms with Crippen LogP contribution in [0.4, 0.5) is 0 Å². The van der Waals surface area contributed by atoms with Gasteiger partial charge in [0.2, 0.25) is 0 Å². The largest absolute Gasteiger partial charge is 0.337 e. The van der Waals surface area contributed by atoms with Crippen LogP contribution in [0.25, 0.3) is 0 Å². The van der Waals surface area contributed by atoms with Crippen LogP contribution in [0.15, 0.2) is 36.7 Å². The quantitative estimate of drug-likeness (QED) is 0.809. The maximum Gasteiger partial charge on any atom is 0.274 e. The van der Waals surface area contributed by atoms with Crippen LogP contribution in [0.5, 0.6) is 0 Å². The Kier molecular flexibility index (Phi) is 3.83. The molecule has 1 amide bonds. The zero-order chi connectivity index (χ0) is 16.6. The summed E-state index contributed by atoms with van der Waals surface area (Å²) in [6.45, 7) is 3.50. The molecule has 1 spiro atoms. The SMILES string of the molecule is Cc1cnc(C(=O)N2CCC3(CCCc4ccccc43)CC2)cn1. The first-order valence-corrected chi connectivity index (χ1v) is 8.84. The first kappa shape index (κ1) is 15.3. The summed E-state index contributed by atoms with van der Waals surface area (Å²) < 4.78 is 0. The molecule has 1 fully saturated rings. The number of piperidine rings is 1. The van der Waals surface area contributed by atoms with Crippen molar-refractivity contribution in [3.05, 3.63) is 59.2 Å². The van der Waals surface area contributed by atoms with Crippen molar-refractivity contribution in [2.45, 2.75) is 44.4 Å². The number of aryl methyl sites for hydroxylation is 2. The van der Waals surface area contributed by atoms with Crippen LogP contribution >= 0.6 is 0 Å². The molecule has 0 N–H and O–H groups in total. The lowest BCUT2D eigenvalue weighted by molar-refractivity contribution is 0.0646. The summed E-state index contributed by atoms with van der Waals surface area (Å²) >= 11 is 0. The maximum absolute atomic E-state index is 12.7. The van der Waals surface area contributed by atoms with Gasteiger partial charge in [-0.15, -0.1) is 0 Å². The van der Waals surface area contributed by atoms with E-state index in [4.69, 9.17) is 0 Å². The van der Waals surface area contributed by atoms with Gasteiger partial charge >= 0.3 is 0 Å². The van der Waals surface area contributed by atoms with E-state index in [0.717, 1.165) is 31.6 Å². The molecule has 1 aliphatic carbocycles. The van der Waals surface area contributed by atoms with E-state index < -0.39 is 0 Å². The lowest BCUT2D eigenvalue weighted by atomic mass is 9.65. The third-order valence-electron chi connectivity index (χ3n) is 5.70. The highest BCUT2D eigenvalue weighted by molar-refractivity contribution is 5.92. The highest BCUT2D eigenvalue weighted by Crippen LogP contribution is 2.44. The summed E-state index contributed by atoms with van der Waals surface area (Å²) in [5.74, 6) is 0.0152. The zero-order valence-electron chi connectivity index (χ0n) is 14.2. The van der Waals surface area contributed by atoms with E-state index in [1.54, 1.807) is 12.4 Å². The molecule has 2 heterocycles. The van der Waals surface area contributed by atoms with Crippen molar-refractivity contribution in [3.8, 4) is 0 Å². The number of rotatable bonds is 1. The molecule has 24 heavy (non-hydrogen) atoms. The number of amides is 1. The molecule has 1 saturated heterocycles. The van der Waals surface area contributed by atoms with Crippen LogP contribution in [0.1, 0.15) is 53.0 Å². The molecule has 0 saturated carbocycles. The van der Waals surface area contributed by atoms with Gasteiger partial charge in [0.25, 0.3) is 5.91 Å². The molecule has 4 nitrogen and oxygen atoms in total. The zero-order valence-corrected chi connectivity index (χ0v) is 14.2. The second kappa shape index (κ2) is 6.00. The average Bonchev–Trinajstić information content (AvgIpc) is 2.63. The Morgan fingerprint density at radius 3 is 2.62 bits per heavy atom. The molecule has 2 aromatic rings. The number of hydrogen-bond donors (Lipinski definition) is 0. The summed E-state index contributed by atoms with van der Waals surface area (Å²) in [5.41, 5.74) is 4.60. The molecule has 0 bridgehead atoms. The normalized spacial score (nSPS) is 19.1. The van der Waals surface area contributed by atoms with Gasteiger partial charge in [-0.3, -0.25) is 9.78 Å². The van der Waals surface area contributed by atoms with Gasteiger partial charge < -0.3 is 4.90 Å². The molecule has 0 radical (unpaired) electrons. The van der Waals surface area contributed by atoms with E-state index in [1.165, 1.54) is 30.4 Å². The summed E-state index contributed by atoms with van der Waals surface area (Å²) in [4.78, 5) is 23.0. The molecular weight excluding hydrogens is 298 g/mol. The number of likely N-dealkylation sites (tertiary alicyclic amines) is 1. The van der Waals surface area contributed by atoms with E-state index in [9.17, 15) is 4.79 Å². The van der Waals surface area contributed by atoms with Gasteiger partial charge in [0.1, 0.15) is 5.69 Å². The standard InChI is InChI=1S/C20H23N3O/c1-15-13-22-18(14-21-15)19(24)23-11-9-20(10-12-23)8-4-6-16-5-2-3-7-17(16)20/h2-3,5,7,13-14H,4,6,8-12H2,1H3. The Labute approximate surface area is 142 Å². The molecule has 4 heteroatoms. The fourth-order valence-electron chi connectivity index (χ4n) is 4.33. The topological polar surface area (TPSA) is 46.1 Å². The molecule has 1 aromatic heterocycles. The van der Waals surface area contributed by atoms with Crippen molar-refractivity contribution >= 4 is 5.91 Å². The second-order valence-electron chi connectivity index (χ2n) is 7.13. The minimum Gasteiger partial charge on any atom is -0.337 e. The lowest BCUT2D eigenvalue weighted by Gasteiger charge is -2.45. The predicted octanol–water partition coefficient (Wildman–Crippen LogP) is 3.30. The summed E-state index contributed by atoms with van der Waals surface area (Å²) in [7, 11) is 0. The predicted molar refractivity (Wildman–Crippen MR) is 93.0 cm³/mol. The minimum atomic E-state index is 0.0152. The Morgan fingerprint density at radius 2 is 1.88 bits per heavy atom. The smallest absolute Gasteiger partial charge is 0.274 e. The van der Waals surface area contributed by atoms with Crippen molar-refractivity contribution < 1.29 is 4.79 Å². The number of carbonyl (C=O) groups excluding carboxylic acids is 1. The number of aromatic nitrogens is 2. The van der Waals surface area contributed by atoms with E-state index in [1.807, 2.05) is 11.8 Å². The van der Waals surface area contributed by atoms with Crippen LogP contribution in [0, 0.1) is 6.92 Å². The van der Waals surface area contributed by atoms with E-state index in [-0.39, 0.29) is 11.3 Å². The Bertz CT molecular complexity index is 746. The van der Waals surface area contributed by atoms with Crippen LogP contribution in [-0.4, -0.2) is 33.9 Å². The van der Waals surface area contributed by atoms with E-state index in [0.29, 0.717) is 5.69 Å². The van der Waals surface area contributed by atoms with Crippen molar-refractivity contribution in [1.29, 1.82) is 0 Å². The van der Waals surface area contributed by atoms with Gasteiger partial charge in [0.15, 0.2) is 0 Å². The molecule has 0 atom stereocenters. The number of fused-ring (bicyclic) bond motifs is 2. The molecule has 124 valence electrons. The summed E-state index contributed by atoms with van der Waals surface area (Å²) in [6.07, 6.45) is 9.06. The minimum absolute atomic E-state index is 0.0152. The molecule has 2 aliphatic rings. The Balaban J connectivity index is 1.51. The fourth-order valence-corrected chi connectivity index (χ4v) is 4.33. The van der Waals surface area contributed by atoms with Crippen molar-refractivity contribution in [1.82, 2.24) is 14.9 Å². The first-order chi connectivity index (χ1) is 11.7. The van der Waals surface area contributed by atoms with Crippen LogP contribution in [-0.2, 0) is 11.8 Å². The van der Waals surface area contributed by atoms with Crippen LogP contribution < -0.4 is 0 Å². The summed E-state index contributed by atoms with van der Waals surface area (Å²) in [6, 6.07) is 8.88. The van der Waals surface area contributed by atoms with E-state index >= 15 is 0 Å². The Morgan fingerprint density at radius 1 is 1.08 bits per heavy atom. The number of nitrogens with zero attached hydrogens (tertiary/aromatic N) is 3. The fraction of sp³-hybridized carbons (Fsp3) is 0.450. The first-order valence-electron chi connectivity index (χ1n) is 8.84. The van der Waals surface area contributed by atoms with Crippen molar-refractivity contribution in [3.63, 3.8) is 0 Å². The third kappa shape index (κ3) is 2.60. The van der Waals surface area contributed by atoms with Gasteiger partial charge in [0, 0.05) is 19.3 Å². The lowest BCUT2D eigenvalue weighted by Crippen LogP contribution is -2.46. The van der Waals surface area contributed by atoms with Crippen LogP contribution in [0.3, 0.4) is 0 Å². The highest BCUT2D eigenvalue weighted by atomic mass is 16.2. The third-order valence-corrected chi connectivity index (χ3v) is 5.70. The highest BCUT2D eigenvalue weighted by Gasteiger charge is 2.40. The van der Waals surface area contributed by atoms with Crippen molar-refractivity contribution in [2.75, 3.05) is 13.1 Å². The summed E-state index contributed by atoms with van der Waals surface area (Å²) in [5, 5.41) is 0. The van der Waals surface area contributed by atoms with Crippen molar-refractivity contribution in [2.24, 2.45) is 0 Å². The molecule has 0 unspecified atom stereocenters. The maximum atomic E-state index is 12.7. The molecule has 1 aliphatic heterocycles. The molecular formula is C20H23N3O. The number of benzene rings is 1. The van der Waals surface area contributed by atoms with Gasteiger partial charge in [-0.2, -0.15) is 0 Å². The van der Waals surface area contributed by atoms with Gasteiger partial charge in [-0.1, -0.05) is 24.3 Å². The Hall–Kier alpha value is -2.23. The van der Waals surface area contributed by atoms with Gasteiger partial charge in [-0.05, 0) is 55.6 Å². The monoisotopic (exact) mass is 321 g/mol. The van der Waals surface area contributed by atoms with Crippen LogP contribution in [0.2, 0.25) is 0 Å². The molecule has 4 rings (SSSR count).